The number of urea groups is 1. The number of aliphatic carboxylic acids is 1. The van der Waals surface area contributed by atoms with Gasteiger partial charge >= 0.3 is 18.2 Å². The van der Waals surface area contributed by atoms with E-state index in [2.05, 4.69) is 37.3 Å². The number of anilines is 6. The van der Waals surface area contributed by atoms with Gasteiger partial charge in [-0.05, 0) is 66.4 Å². The summed E-state index contributed by atoms with van der Waals surface area (Å²) in [5.41, 5.74) is 4.35. The Morgan fingerprint density at radius 2 is 1.61 bits per heavy atom. The quantitative estimate of drug-likeness (QED) is 0.158. The monoisotopic (exact) mass is 588 g/mol. The average Bonchev–Trinajstić information content (AvgIpc) is 2.91. The maximum Gasteiger partial charge on any atom is 0.490 e. The molecule has 0 spiro atoms. The van der Waals surface area contributed by atoms with Crippen LogP contribution in [0.15, 0.2) is 72.9 Å². The molecular formula is C27H21ClF4N6O3. The first-order chi connectivity index (χ1) is 19.5. The molecule has 0 unspecified atom stereocenters. The summed E-state index contributed by atoms with van der Waals surface area (Å²) in [5.74, 6) is -2.44. The number of carboxylic acids is 1. The highest BCUT2D eigenvalue weighted by atomic mass is 35.5. The lowest BCUT2D eigenvalue weighted by Gasteiger charge is -2.14. The van der Waals surface area contributed by atoms with Crippen molar-refractivity contribution in [1.29, 1.82) is 0 Å². The zero-order chi connectivity index (χ0) is 29.6. The molecule has 1 aliphatic rings. The van der Waals surface area contributed by atoms with Gasteiger partial charge in [0.15, 0.2) is 5.82 Å². The van der Waals surface area contributed by atoms with Gasteiger partial charge in [0, 0.05) is 17.1 Å². The van der Waals surface area contributed by atoms with E-state index in [0.29, 0.717) is 28.2 Å². The van der Waals surface area contributed by atoms with Gasteiger partial charge in [-0.15, -0.1) is 0 Å². The van der Waals surface area contributed by atoms with Gasteiger partial charge < -0.3 is 26.4 Å². The Morgan fingerprint density at radius 3 is 2.34 bits per heavy atom. The SMILES string of the molecule is O=C(Nc1cc2cc(c1)Nc1nc(ncc1Cl)Nc1cccc(c1)CC2)Nc1ccccc1F.O=C(O)C(F)(F)F. The number of nitrogens with one attached hydrogen (secondary N) is 4. The number of nitrogens with zero attached hydrogens (tertiary/aromatic N) is 2. The largest absolute Gasteiger partial charge is 0.490 e. The summed E-state index contributed by atoms with van der Waals surface area (Å²) in [6, 6.07) is 19.1. The van der Waals surface area contributed by atoms with Gasteiger partial charge in [-0.1, -0.05) is 35.9 Å². The van der Waals surface area contributed by atoms with Crippen molar-refractivity contribution in [3.8, 4) is 0 Å². The fourth-order valence-electron chi connectivity index (χ4n) is 3.70. The van der Waals surface area contributed by atoms with Gasteiger partial charge in [-0.2, -0.15) is 18.2 Å². The number of aromatic nitrogens is 2. The topological polar surface area (TPSA) is 128 Å². The molecule has 1 aromatic heterocycles. The van der Waals surface area contributed by atoms with Crippen LogP contribution < -0.4 is 21.3 Å². The molecule has 212 valence electrons. The summed E-state index contributed by atoms with van der Waals surface area (Å²) < 4.78 is 45.6. The van der Waals surface area contributed by atoms with E-state index in [-0.39, 0.29) is 5.69 Å². The fraction of sp³-hybridized carbons (Fsp3) is 0.111. The molecule has 14 heteroatoms. The first kappa shape index (κ1) is 29.1. The van der Waals surface area contributed by atoms with E-state index >= 15 is 0 Å². The minimum Gasteiger partial charge on any atom is -0.475 e. The third-order valence-electron chi connectivity index (χ3n) is 5.51. The number of carbonyl (C=O) groups is 2. The number of amides is 2. The highest BCUT2D eigenvalue weighted by molar-refractivity contribution is 6.32. The van der Waals surface area contributed by atoms with E-state index in [1.54, 1.807) is 18.2 Å². The molecule has 0 fully saturated rings. The Labute approximate surface area is 235 Å². The molecule has 0 atom stereocenters. The van der Waals surface area contributed by atoms with E-state index in [1.165, 1.54) is 18.3 Å². The molecule has 9 nitrogen and oxygen atoms in total. The maximum atomic E-state index is 13.9. The lowest BCUT2D eigenvalue weighted by Crippen LogP contribution is -2.21. The lowest BCUT2D eigenvalue weighted by molar-refractivity contribution is -0.192. The van der Waals surface area contributed by atoms with Crippen LogP contribution in [0.3, 0.4) is 0 Å². The molecule has 0 saturated heterocycles. The van der Waals surface area contributed by atoms with Gasteiger partial charge in [-0.25, -0.2) is 19.0 Å². The molecule has 0 aliphatic carbocycles. The summed E-state index contributed by atoms with van der Waals surface area (Å²) in [6.45, 7) is 0. The molecule has 4 aromatic rings. The lowest BCUT2D eigenvalue weighted by atomic mass is 10.0. The highest BCUT2D eigenvalue weighted by Gasteiger charge is 2.38. The first-order valence-electron chi connectivity index (χ1n) is 11.9. The number of fused-ring (bicyclic) bond motifs is 6. The Bertz CT molecular complexity index is 1590. The number of carboxylic acid groups (broad SMARTS) is 1. The molecule has 5 N–H and O–H groups in total. The van der Waals surface area contributed by atoms with Gasteiger partial charge in [0.1, 0.15) is 10.8 Å². The van der Waals surface area contributed by atoms with Gasteiger partial charge in [0.25, 0.3) is 0 Å². The maximum absolute atomic E-state index is 13.9. The van der Waals surface area contributed by atoms with Gasteiger partial charge in [-0.3, -0.25) is 0 Å². The van der Waals surface area contributed by atoms with Crippen molar-refractivity contribution in [3.05, 3.63) is 94.9 Å². The van der Waals surface area contributed by atoms with Crippen LogP contribution in [0.1, 0.15) is 11.1 Å². The Balaban J connectivity index is 0.000000493. The molecule has 6 bridgehead atoms. The first-order valence-corrected chi connectivity index (χ1v) is 12.3. The Hall–Kier alpha value is -4.91. The van der Waals surface area contributed by atoms with Crippen LogP contribution in [-0.4, -0.2) is 33.3 Å². The number of aryl methyl sites for hydroxylation is 2. The highest BCUT2D eigenvalue weighted by Crippen LogP contribution is 2.29. The standard InChI is InChI=1S/C25H20ClFN6O.C2HF3O2/c26-20-14-28-24-30-17-5-3-4-15(10-17)8-9-16-11-18(29-23(20)33-24)13-19(12-16)31-25(34)32-22-7-2-1-6-21(22)27;3-2(4,5)1(6)7/h1-7,10-14H,8-9H2,(H2,31,32,34)(H2,28,29,30,33);(H,6,7). The Kier molecular flexibility index (Phi) is 8.87. The molecule has 2 amide bonds. The minimum atomic E-state index is -5.08. The van der Waals surface area contributed by atoms with Crippen LogP contribution in [-0.2, 0) is 17.6 Å². The predicted octanol–water partition coefficient (Wildman–Crippen LogP) is 7.13. The summed E-state index contributed by atoms with van der Waals surface area (Å²) >= 11 is 6.33. The van der Waals surface area contributed by atoms with Crippen molar-refractivity contribution in [3.63, 3.8) is 0 Å². The van der Waals surface area contributed by atoms with Crippen LogP contribution >= 0.6 is 11.6 Å². The average molecular weight is 589 g/mol. The number of hydrogen-bond acceptors (Lipinski definition) is 6. The summed E-state index contributed by atoms with van der Waals surface area (Å²) in [6.07, 6.45) is -2.04. The third-order valence-corrected chi connectivity index (χ3v) is 5.78. The smallest absolute Gasteiger partial charge is 0.475 e. The van der Waals surface area contributed by atoms with Crippen molar-refractivity contribution in [1.82, 2.24) is 9.97 Å². The summed E-state index contributed by atoms with van der Waals surface area (Å²) in [7, 11) is 0. The molecule has 0 radical (unpaired) electrons. The van der Waals surface area contributed by atoms with Crippen molar-refractivity contribution in [2.45, 2.75) is 19.0 Å². The Morgan fingerprint density at radius 1 is 0.902 bits per heavy atom. The molecule has 41 heavy (non-hydrogen) atoms. The van der Waals surface area contributed by atoms with Crippen molar-refractivity contribution in [2.75, 3.05) is 21.3 Å². The summed E-state index contributed by atoms with van der Waals surface area (Å²) in [4.78, 5) is 30.2. The van der Waals surface area contributed by atoms with Gasteiger partial charge in [0.05, 0.1) is 11.9 Å². The number of hydrogen-bond donors (Lipinski definition) is 5. The van der Waals surface area contributed by atoms with Crippen LogP contribution in [0.25, 0.3) is 0 Å². The second-order valence-corrected chi connectivity index (χ2v) is 9.03. The van der Waals surface area contributed by atoms with E-state index < -0.39 is 24.0 Å². The van der Waals surface area contributed by atoms with E-state index in [4.69, 9.17) is 21.5 Å². The van der Waals surface area contributed by atoms with E-state index in [1.807, 2.05) is 30.3 Å². The zero-order valence-electron chi connectivity index (χ0n) is 20.9. The second kappa shape index (κ2) is 12.5. The third kappa shape index (κ3) is 8.29. The van der Waals surface area contributed by atoms with Crippen LogP contribution in [0.5, 0.6) is 0 Å². The zero-order valence-corrected chi connectivity index (χ0v) is 21.6. The van der Waals surface area contributed by atoms with Crippen molar-refractivity contribution < 1.29 is 32.3 Å². The molecule has 5 rings (SSSR count). The van der Waals surface area contributed by atoms with Gasteiger partial charge in [0.2, 0.25) is 5.95 Å². The second-order valence-electron chi connectivity index (χ2n) is 8.62. The van der Waals surface area contributed by atoms with Crippen molar-refractivity contribution in [2.24, 2.45) is 0 Å². The molecule has 1 aliphatic heterocycles. The number of para-hydroxylation sites is 1. The fourth-order valence-corrected chi connectivity index (χ4v) is 3.84. The predicted molar refractivity (Wildman–Crippen MR) is 147 cm³/mol. The normalized spacial score (nSPS) is 12.0. The number of benzene rings is 3. The molecular weight excluding hydrogens is 568 g/mol. The summed E-state index contributed by atoms with van der Waals surface area (Å²) in [5, 5.41) is 19.2. The minimum absolute atomic E-state index is 0.0978. The number of carbonyl (C=O) groups excluding carboxylic acids is 1. The van der Waals surface area contributed by atoms with Crippen LogP contribution in [0.2, 0.25) is 5.02 Å². The van der Waals surface area contributed by atoms with Crippen molar-refractivity contribution >= 4 is 58.1 Å². The van der Waals surface area contributed by atoms with Crippen LogP contribution in [0.4, 0.5) is 56.9 Å². The molecule has 3 aromatic carbocycles. The van der Waals surface area contributed by atoms with E-state index in [0.717, 1.165) is 29.7 Å². The van der Waals surface area contributed by atoms with E-state index in [9.17, 15) is 22.4 Å². The molecule has 2 heterocycles. The molecule has 0 saturated carbocycles. The number of halogens is 5. The number of rotatable bonds is 2. The van der Waals surface area contributed by atoms with Crippen LogP contribution in [0, 0.1) is 5.82 Å². The number of alkyl halides is 3.